The van der Waals surface area contributed by atoms with Crippen molar-refractivity contribution in [1.29, 1.82) is 0 Å². The lowest BCUT2D eigenvalue weighted by Gasteiger charge is -2.10. The van der Waals surface area contributed by atoms with Gasteiger partial charge in [-0.1, -0.05) is 17.7 Å². The monoisotopic (exact) mass is 327 g/mol. The average molecular weight is 328 g/mol. The zero-order chi connectivity index (χ0) is 15.6. The fourth-order valence-corrected chi connectivity index (χ4v) is 3.07. The molecule has 1 aliphatic carbocycles. The van der Waals surface area contributed by atoms with Crippen LogP contribution in [0.25, 0.3) is 10.9 Å². The molecule has 1 aromatic carbocycles. The number of pyridine rings is 1. The van der Waals surface area contributed by atoms with E-state index in [1.165, 1.54) is 12.8 Å². The van der Waals surface area contributed by atoms with Gasteiger partial charge in [0, 0.05) is 42.2 Å². The molecule has 1 aliphatic rings. The fraction of sp³-hybridized carbons (Fsp3) is 0.353. The van der Waals surface area contributed by atoms with E-state index in [-0.39, 0.29) is 0 Å². The number of rotatable bonds is 6. The molecule has 0 amide bonds. The van der Waals surface area contributed by atoms with E-state index in [4.69, 9.17) is 11.6 Å². The molecule has 0 unspecified atom stereocenters. The van der Waals surface area contributed by atoms with Gasteiger partial charge < -0.3 is 9.88 Å². The minimum atomic E-state index is 0.627. The van der Waals surface area contributed by atoms with Gasteiger partial charge in [0.1, 0.15) is 12.2 Å². The van der Waals surface area contributed by atoms with Gasteiger partial charge in [-0.25, -0.2) is 0 Å². The first-order chi connectivity index (χ1) is 11.3. The van der Waals surface area contributed by atoms with E-state index in [9.17, 15) is 0 Å². The van der Waals surface area contributed by atoms with E-state index >= 15 is 0 Å². The highest BCUT2D eigenvalue weighted by Crippen LogP contribution is 2.38. The molecule has 0 saturated heterocycles. The maximum Gasteiger partial charge on any atom is 0.135 e. The van der Waals surface area contributed by atoms with Crippen LogP contribution in [0.3, 0.4) is 0 Å². The SMILES string of the molecule is Clc1ccc(CNCCn2cnnc2C2CC2)c2ncccc12. The van der Waals surface area contributed by atoms with Gasteiger partial charge in [-0.2, -0.15) is 0 Å². The average Bonchev–Trinajstić information content (AvgIpc) is 3.32. The summed E-state index contributed by atoms with van der Waals surface area (Å²) in [5.74, 6) is 1.76. The van der Waals surface area contributed by atoms with Crippen molar-refractivity contribution in [3.8, 4) is 0 Å². The van der Waals surface area contributed by atoms with Gasteiger partial charge in [-0.15, -0.1) is 10.2 Å². The minimum Gasteiger partial charge on any atom is -0.316 e. The largest absolute Gasteiger partial charge is 0.316 e. The highest BCUT2D eigenvalue weighted by molar-refractivity contribution is 6.35. The van der Waals surface area contributed by atoms with E-state index in [1.807, 2.05) is 30.6 Å². The summed E-state index contributed by atoms with van der Waals surface area (Å²) >= 11 is 6.23. The second kappa shape index (κ2) is 6.26. The highest BCUT2D eigenvalue weighted by atomic mass is 35.5. The van der Waals surface area contributed by atoms with Crippen molar-refractivity contribution in [2.45, 2.75) is 31.8 Å². The molecule has 4 rings (SSSR count). The Labute approximate surface area is 139 Å². The standard InChI is InChI=1S/C17H18ClN5/c18-15-6-5-13(16-14(15)2-1-7-20-16)10-19-8-9-23-11-21-22-17(23)12-3-4-12/h1-2,5-7,11-12,19H,3-4,8-10H2. The van der Waals surface area contributed by atoms with Gasteiger partial charge in [-0.05, 0) is 36.6 Å². The Balaban J connectivity index is 1.40. The van der Waals surface area contributed by atoms with Gasteiger partial charge in [0.15, 0.2) is 0 Å². The van der Waals surface area contributed by atoms with Crippen molar-refractivity contribution in [2.24, 2.45) is 0 Å². The zero-order valence-electron chi connectivity index (χ0n) is 12.7. The lowest BCUT2D eigenvalue weighted by molar-refractivity contribution is 0.579. The third kappa shape index (κ3) is 3.07. The molecule has 0 bridgehead atoms. The fourth-order valence-electron chi connectivity index (χ4n) is 2.86. The summed E-state index contributed by atoms with van der Waals surface area (Å²) < 4.78 is 2.16. The maximum atomic E-state index is 6.23. The van der Waals surface area contributed by atoms with Crippen molar-refractivity contribution >= 4 is 22.5 Å². The molecular weight excluding hydrogens is 310 g/mol. The first-order valence-corrected chi connectivity index (χ1v) is 8.31. The molecular formula is C17H18ClN5. The van der Waals surface area contributed by atoms with Gasteiger partial charge >= 0.3 is 0 Å². The van der Waals surface area contributed by atoms with E-state index in [0.717, 1.165) is 46.9 Å². The van der Waals surface area contributed by atoms with Crippen LogP contribution in [0.2, 0.25) is 5.02 Å². The lowest BCUT2D eigenvalue weighted by atomic mass is 10.1. The molecule has 1 fully saturated rings. The van der Waals surface area contributed by atoms with Crippen LogP contribution in [0.1, 0.15) is 30.1 Å². The molecule has 1 saturated carbocycles. The molecule has 0 aliphatic heterocycles. The summed E-state index contributed by atoms with van der Waals surface area (Å²) in [6, 6.07) is 7.90. The topological polar surface area (TPSA) is 55.6 Å². The molecule has 3 aromatic rings. The van der Waals surface area contributed by atoms with E-state index in [1.54, 1.807) is 6.20 Å². The molecule has 0 spiro atoms. The second-order valence-corrected chi connectivity index (χ2v) is 6.35. The lowest BCUT2D eigenvalue weighted by Crippen LogP contribution is -2.20. The summed E-state index contributed by atoms with van der Waals surface area (Å²) in [5, 5.41) is 13.5. The molecule has 23 heavy (non-hydrogen) atoms. The Morgan fingerprint density at radius 2 is 2.17 bits per heavy atom. The van der Waals surface area contributed by atoms with E-state index < -0.39 is 0 Å². The third-order valence-corrected chi connectivity index (χ3v) is 4.56. The summed E-state index contributed by atoms with van der Waals surface area (Å²) in [6.45, 7) is 2.53. The van der Waals surface area contributed by atoms with Crippen LogP contribution in [0.15, 0.2) is 36.8 Å². The molecule has 0 atom stereocenters. The minimum absolute atomic E-state index is 0.627. The predicted octanol–water partition coefficient (Wildman–Crippen LogP) is 3.15. The molecule has 118 valence electrons. The number of fused-ring (bicyclic) bond motifs is 1. The highest BCUT2D eigenvalue weighted by Gasteiger charge is 2.28. The number of benzene rings is 1. The Morgan fingerprint density at radius 3 is 3.04 bits per heavy atom. The number of hydrogen-bond acceptors (Lipinski definition) is 4. The van der Waals surface area contributed by atoms with Gasteiger partial charge in [-0.3, -0.25) is 4.98 Å². The third-order valence-electron chi connectivity index (χ3n) is 4.23. The molecule has 0 radical (unpaired) electrons. The molecule has 2 heterocycles. The van der Waals surface area contributed by atoms with E-state index in [2.05, 4.69) is 25.1 Å². The molecule has 5 nitrogen and oxygen atoms in total. The van der Waals surface area contributed by atoms with Crippen molar-refractivity contribution < 1.29 is 0 Å². The second-order valence-electron chi connectivity index (χ2n) is 5.94. The van der Waals surface area contributed by atoms with Crippen molar-refractivity contribution in [3.63, 3.8) is 0 Å². The molecule has 2 aromatic heterocycles. The van der Waals surface area contributed by atoms with Crippen LogP contribution in [0.4, 0.5) is 0 Å². The summed E-state index contributed by atoms with van der Waals surface area (Å²) in [6.07, 6.45) is 6.12. The normalized spacial score (nSPS) is 14.5. The Bertz CT molecular complexity index is 825. The van der Waals surface area contributed by atoms with Gasteiger partial charge in [0.25, 0.3) is 0 Å². The summed E-state index contributed by atoms with van der Waals surface area (Å²) in [7, 11) is 0. The first-order valence-electron chi connectivity index (χ1n) is 7.93. The maximum absolute atomic E-state index is 6.23. The zero-order valence-corrected chi connectivity index (χ0v) is 13.5. The molecule has 6 heteroatoms. The van der Waals surface area contributed by atoms with Crippen LogP contribution >= 0.6 is 11.6 Å². The van der Waals surface area contributed by atoms with Crippen LogP contribution in [-0.4, -0.2) is 26.3 Å². The van der Waals surface area contributed by atoms with Crippen LogP contribution in [-0.2, 0) is 13.1 Å². The number of nitrogens with one attached hydrogen (secondary N) is 1. The Hall–Kier alpha value is -1.98. The predicted molar refractivity (Wildman–Crippen MR) is 90.5 cm³/mol. The Kier molecular flexibility index (Phi) is 3.97. The van der Waals surface area contributed by atoms with Crippen molar-refractivity contribution in [1.82, 2.24) is 25.1 Å². The van der Waals surface area contributed by atoms with Gasteiger partial charge in [0.2, 0.25) is 0 Å². The number of halogens is 1. The van der Waals surface area contributed by atoms with Crippen LogP contribution < -0.4 is 5.32 Å². The molecule has 1 N–H and O–H groups in total. The van der Waals surface area contributed by atoms with E-state index in [0.29, 0.717) is 5.92 Å². The summed E-state index contributed by atoms with van der Waals surface area (Å²) in [4.78, 5) is 4.47. The van der Waals surface area contributed by atoms with Crippen LogP contribution in [0, 0.1) is 0 Å². The first kappa shape index (κ1) is 14.6. The summed E-state index contributed by atoms with van der Waals surface area (Å²) in [5.41, 5.74) is 2.13. The number of nitrogens with zero attached hydrogens (tertiary/aromatic N) is 4. The van der Waals surface area contributed by atoms with Crippen molar-refractivity contribution in [2.75, 3.05) is 6.54 Å². The van der Waals surface area contributed by atoms with Gasteiger partial charge in [0.05, 0.1) is 5.52 Å². The van der Waals surface area contributed by atoms with Crippen molar-refractivity contribution in [3.05, 3.63) is 53.2 Å². The van der Waals surface area contributed by atoms with Crippen LogP contribution in [0.5, 0.6) is 0 Å². The smallest absolute Gasteiger partial charge is 0.135 e. The number of aromatic nitrogens is 4. The Morgan fingerprint density at radius 1 is 1.26 bits per heavy atom. The number of hydrogen-bond donors (Lipinski definition) is 1. The quantitative estimate of drug-likeness (QED) is 0.707.